The number of benzene rings is 3. The van der Waals surface area contributed by atoms with E-state index in [4.69, 9.17) is 4.74 Å². The molecule has 0 radical (unpaired) electrons. The minimum Gasteiger partial charge on any atom is -0.489 e. The van der Waals surface area contributed by atoms with Crippen LogP contribution in [0.4, 0.5) is 0 Å². The molecule has 0 aliphatic heterocycles. The number of aromatic nitrogens is 1. The van der Waals surface area contributed by atoms with Crippen molar-refractivity contribution < 1.29 is 9.53 Å². The molecule has 1 aromatic heterocycles. The van der Waals surface area contributed by atoms with Gasteiger partial charge in [0.05, 0.1) is 6.21 Å². The molecule has 0 saturated carbocycles. The number of ether oxygens (including phenoxy) is 1. The quantitative estimate of drug-likeness (QED) is 0.264. The molecule has 0 atom stereocenters. The van der Waals surface area contributed by atoms with Gasteiger partial charge >= 0.3 is 0 Å². The van der Waals surface area contributed by atoms with Gasteiger partial charge in [-0.05, 0) is 60.7 Å². The molecule has 0 saturated heterocycles. The Morgan fingerprint density at radius 2 is 1.82 bits per heavy atom. The minimum atomic E-state index is -0.253. The van der Waals surface area contributed by atoms with Crippen LogP contribution in [0.25, 0.3) is 10.9 Å². The van der Waals surface area contributed by atoms with E-state index in [9.17, 15) is 4.79 Å². The third-order valence-electron chi connectivity index (χ3n) is 5.70. The molecule has 5 heteroatoms. The maximum absolute atomic E-state index is 12.5. The fourth-order valence-electron chi connectivity index (χ4n) is 3.84. The zero-order valence-electron chi connectivity index (χ0n) is 19.5. The normalized spacial score (nSPS) is 11.4. The number of nitrogens with one attached hydrogen (secondary N) is 2. The Hall–Kier alpha value is -3.86. The van der Waals surface area contributed by atoms with Gasteiger partial charge in [0.1, 0.15) is 12.4 Å². The van der Waals surface area contributed by atoms with E-state index in [1.165, 1.54) is 11.1 Å². The Balaban J connectivity index is 1.38. The monoisotopic (exact) mass is 439 g/mol. The first-order valence-electron chi connectivity index (χ1n) is 11.2. The fraction of sp³-hybridized carbons (Fsp3) is 0.214. The summed E-state index contributed by atoms with van der Waals surface area (Å²) < 4.78 is 6.09. The van der Waals surface area contributed by atoms with Crippen molar-refractivity contribution in [3.05, 3.63) is 100 Å². The summed E-state index contributed by atoms with van der Waals surface area (Å²) in [7, 11) is 0. The lowest BCUT2D eigenvalue weighted by atomic mass is 10.0. The molecular formula is C28H29N3O2. The maximum atomic E-state index is 12.5. The molecule has 0 aliphatic rings. The maximum Gasteiger partial charge on any atom is 0.271 e. The van der Waals surface area contributed by atoms with Crippen LogP contribution in [0.15, 0.2) is 71.8 Å². The van der Waals surface area contributed by atoms with Crippen LogP contribution in [0.2, 0.25) is 0 Å². The molecule has 0 fully saturated rings. The van der Waals surface area contributed by atoms with E-state index >= 15 is 0 Å². The smallest absolute Gasteiger partial charge is 0.271 e. The fourth-order valence-corrected chi connectivity index (χ4v) is 3.84. The molecule has 33 heavy (non-hydrogen) atoms. The van der Waals surface area contributed by atoms with Gasteiger partial charge in [-0.15, -0.1) is 0 Å². The molecule has 3 aromatic carbocycles. The van der Waals surface area contributed by atoms with Crippen LogP contribution in [0, 0.1) is 13.8 Å². The molecule has 4 aromatic rings. The summed E-state index contributed by atoms with van der Waals surface area (Å²) in [6, 6.07) is 21.7. The highest BCUT2D eigenvalue weighted by Crippen LogP contribution is 2.28. The molecule has 0 unspecified atom stereocenters. The average Bonchev–Trinajstić information content (AvgIpc) is 3.13. The molecule has 5 nitrogen and oxygen atoms in total. The zero-order chi connectivity index (χ0) is 23.4. The van der Waals surface area contributed by atoms with Gasteiger partial charge in [0.2, 0.25) is 0 Å². The Kier molecular flexibility index (Phi) is 6.59. The summed E-state index contributed by atoms with van der Waals surface area (Å²) in [6.07, 6.45) is 1.68. The number of hydrogen-bond acceptors (Lipinski definition) is 3. The predicted octanol–water partition coefficient (Wildman–Crippen LogP) is 6.25. The van der Waals surface area contributed by atoms with Crippen LogP contribution >= 0.6 is 0 Å². The van der Waals surface area contributed by atoms with Gasteiger partial charge in [-0.25, -0.2) is 5.43 Å². The lowest BCUT2D eigenvalue weighted by molar-refractivity contribution is 0.0955. The number of nitrogens with zero attached hydrogens (tertiary/aromatic N) is 1. The molecule has 0 spiro atoms. The molecule has 2 N–H and O–H groups in total. The van der Waals surface area contributed by atoms with Crippen molar-refractivity contribution >= 4 is 23.0 Å². The molecule has 4 rings (SSSR count). The van der Waals surface area contributed by atoms with Crippen LogP contribution in [0.1, 0.15) is 58.1 Å². The van der Waals surface area contributed by atoms with Crippen molar-refractivity contribution in [2.24, 2.45) is 5.10 Å². The molecule has 0 bridgehead atoms. The number of H-pyrrole nitrogens is 1. The lowest BCUT2D eigenvalue weighted by Crippen LogP contribution is -2.17. The summed E-state index contributed by atoms with van der Waals surface area (Å²) in [4.78, 5) is 15.8. The van der Waals surface area contributed by atoms with Gasteiger partial charge in [-0.2, -0.15) is 5.10 Å². The first kappa shape index (κ1) is 22.3. The van der Waals surface area contributed by atoms with Crippen LogP contribution in [-0.4, -0.2) is 17.1 Å². The second kappa shape index (κ2) is 9.74. The van der Waals surface area contributed by atoms with E-state index in [2.05, 4.69) is 54.5 Å². The lowest BCUT2D eigenvalue weighted by Gasteiger charge is -2.15. The summed E-state index contributed by atoms with van der Waals surface area (Å²) >= 11 is 0. The van der Waals surface area contributed by atoms with Crippen LogP contribution < -0.4 is 10.2 Å². The minimum absolute atomic E-state index is 0.253. The largest absolute Gasteiger partial charge is 0.489 e. The predicted molar refractivity (Wildman–Crippen MR) is 134 cm³/mol. The number of aromatic amines is 1. The number of carbonyl (C=O) groups excluding carboxylic acids is 1. The van der Waals surface area contributed by atoms with Gasteiger partial charge in [-0.1, -0.05) is 56.3 Å². The highest BCUT2D eigenvalue weighted by atomic mass is 16.5. The molecular weight excluding hydrogens is 410 g/mol. The van der Waals surface area contributed by atoms with Crippen LogP contribution in [0.3, 0.4) is 0 Å². The Bertz CT molecular complexity index is 1300. The second-order valence-electron chi connectivity index (χ2n) is 8.59. The number of rotatable bonds is 7. The number of hydrogen-bond donors (Lipinski definition) is 2. The Labute approximate surface area is 194 Å². The van der Waals surface area contributed by atoms with E-state index in [1.807, 2.05) is 43.3 Å². The number of fused-ring (bicyclic) bond motifs is 1. The third-order valence-corrected chi connectivity index (χ3v) is 5.70. The molecule has 168 valence electrons. The number of amides is 1. The summed E-state index contributed by atoms with van der Waals surface area (Å²) in [5.41, 5.74) is 9.55. The van der Waals surface area contributed by atoms with E-state index in [0.29, 0.717) is 18.1 Å². The second-order valence-corrected chi connectivity index (χ2v) is 8.59. The third kappa shape index (κ3) is 5.14. The Morgan fingerprint density at radius 1 is 1.06 bits per heavy atom. The van der Waals surface area contributed by atoms with Gasteiger partial charge in [0.15, 0.2) is 0 Å². The average molecular weight is 440 g/mol. The van der Waals surface area contributed by atoms with E-state index in [1.54, 1.807) is 18.3 Å². The van der Waals surface area contributed by atoms with Gasteiger partial charge in [-0.3, -0.25) is 4.79 Å². The van der Waals surface area contributed by atoms with E-state index < -0.39 is 0 Å². The number of aryl methyl sites for hydroxylation is 2. The number of hydrazone groups is 1. The summed E-state index contributed by atoms with van der Waals surface area (Å²) in [5.74, 6) is 1.05. The van der Waals surface area contributed by atoms with E-state index in [0.717, 1.165) is 33.5 Å². The number of para-hydroxylation sites is 1. The van der Waals surface area contributed by atoms with Crippen molar-refractivity contribution in [2.75, 3.05) is 0 Å². The van der Waals surface area contributed by atoms with Crippen molar-refractivity contribution in [2.45, 2.75) is 40.2 Å². The summed E-state index contributed by atoms with van der Waals surface area (Å²) in [6.45, 7) is 8.82. The van der Waals surface area contributed by atoms with Gasteiger partial charge in [0.25, 0.3) is 5.91 Å². The van der Waals surface area contributed by atoms with Crippen molar-refractivity contribution in [1.29, 1.82) is 0 Å². The summed E-state index contributed by atoms with van der Waals surface area (Å²) in [5, 5.41) is 5.24. The molecule has 0 aliphatic carbocycles. The highest BCUT2D eigenvalue weighted by molar-refractivity contribution is 6.01. The number of carbonyl (C=O) groups is 1. The zero-order valence-corrected chi connectivity index (χ0v) is 19.5. The van der Waals surface area contributed by atoms with Crippen molar-refractivity contribution in [3.63, 3.8) is 0 Å². The van der Waals surface area contributed by atoms with Gasteiger partial charge in [0, 0.05) is 27.7 Å². The van der Waals surface area contributed by atoms with Crippen LogP contribution in [0.5, 0.6) is 5.75 Å². The standard InChI is InChI=1S/C28H29N3O2/c1-18(2)23-14-9-19(3)15-27(23)33-17-21-10-12-22(13-11-21)28(32)31-29-16-25-20(4)30-26-8-6-5-7-24(25)26/h5-16,18,30H,17H2,1-4H3,(H,31,32). The Morgan fingerprint density at radius 3 is 2.58 bits per heavy atom. The SMILES string of the molecule is Cc1ccc(C(C)C)c(OCc2ccc(C(=O)NN=Cc3c(C)[nH]c4ccccc34)cc2)c1. The topological polar surface area (TPSA) is 66.5 Å². The van der Waals surface area contributed by atoms with Crippen LogP contribution in [-0.2, 0) is 6.61 Å². The van der Waals surface area contributed by atoms with E-state index in [-0.39, 0.29) is 5.91 Å². The highest BCUT2D eigenvalue weighted by Gasteiger charge is 2.10. The first-order chi connectivity index (χ1) is 15.9. The molecule has 1 amide bonds. The van der Waals surface area contributed by atoms with Crippen molar-refractivity contribution in [1.82, 2.24) is 10.4 Å². The van der Waals surface area contributed by atoms with Crippen molar-refractivity contribution in [3.8, 4) is 5.75 Å². The first-order valence-corrected chi connectivity index (χ1v) is 11.2. The molecule has 1 heterocycles. The van der Waals surface area contributed by atoms with Gasteiger partial charge < -0.3 is 9.72 Å².